The number of halogens is 1. The molecule has 1 rings (SSSR count). The zero-order valence-electron chi connectivity index (χ0n) is 10.2. The van der Waals surface area contributed by atoms with Gasteiger partial charge in [0, 0.05) is 6.54 Å². The number of nitrogens with zero attached hydrogens (tertiary/aromatic N) is 1. The third-order valence-corrected chi connectivity index (χ3v) is 2.94. The third-order valence-electron chi connectivity index (χ3n) is 2.94. The molecule has 0 aromatic rings. The van der Waals surface area contributed by atoms with Crippen LogP contribution < -0.4 is 0 Å². The Kier molecular flexibility index (Phi) is 4.74. The highest BCUT2D eigenvalue weighted by Gasteiger charge is 2.33. The molecule has 0 amide bonds. The van der Waals surface area contributed by atoms with Crippen molar-refractivity contribution >= 4 is 0 Å². The normalized spacial score (nSPS) is 27.9. The molecule has 1 fully saturated rings. The minimum Gasteiger partial charge on any atom is -0.374 e. The van der Waals surface area contributed by atoms with E-state index in [9.17, 15) is 4.39 Å². The highest BCUT2D eigenvalue weighted by Crippen LogP contribution is 2.27. The van der Waals surface area contributed by atoms with Crippen LogP contribution >= 0.6 is 0 Å². The van der Waals surface area contributed by atoms with E-state index in [0.29, 0.717) is 0 Å². The van der Waals surface area contributed by atoms with E-state index < -0.39 is 0 Å². The summed E-state index contributed by atoms with van der Waals surface area (Å²) in [5.74, 6) is 0. The van der Waals surface area contributed by atoms with E-state index in [4.69, 9.17) is 4.74 Å². The van der Waals surface area contributed by atoms with Gasteiger partial charge in [-0.1, -0.05) is 6.92 Å². The first-order valence-electron chi connectivity index (χ1n) is 5.78. The van der Waals surface area contributed by atoms with Crippen molar-refractivity contribution in [3.8, 4) is 0 Å². The Hall–Kier alpha value is -0.410. The predicted octanol–water partition coefficient (Wildman–Crippen LogP) is 2.75. The average Bonchev–Trinajstić information content (AvgIpc) is 2.58. The summed E-state index contributed by atoms with van der Waals surface area (Å²) in [5, 5.41) is 0. The Morgan fingerprint density at radius 1 is 1.53 bits per heavy atom. The molecular formula is C12H22FNO. The monoisotopic (exact) mass is 215 g/mol. The molecule has 15 heavy (non-hydrogen) atoms. The van der Waals surface area contributed by atoms with E-state index in [0.717, 1.165) is 31.4 Å². The van der Waals surface area contributed by atoms with Crippen LogP contribution in [0.3, 0.4) is 0 Å². The van der Waals surface area contributed by atoms with Crippen LogP contribution in [0.25, 0.3) is 0 Å². The fourth-order valence-electron chi connectivity index (χ4n) is 2.37. The molecule has 1 aliphatic rings. The SMILES string of the molecule is CCN1CC/C(=C/F)[C@H]1C(C)OC(C)C. The Bertz CT molecular complexity index is 228. The lowest BCUT2D eigenvalue weighted by atomic mass is 10.0. The number of likely N-dealkylation sites (tertiary alicyclic amines) is 1. The Morgan fingerprint density at radius 2 is 2.20 bits per heavy atom. The molecule has 0 spiro atoms. The van der Waals surface area contributed by atoms with Gasteiger partial charge in [0.1, 0.15) is 0 Å². The summed E-state index contributed by atoms with van der Waals surface area (Å²) < 4.78 is 18.5. The lowest BCUT2D eigenvalue weighted by Crippen LogP contribution is -2.40. The molecule has 1 unspecified atom stereocenters. The van der Waals surface area contributed by atoms with Crippen molar-refractivity contribution in [3.63, 3.8) is 0 Å². The molecule has 3 heteroatoms. The summed E-state index contributed by atoms with van der Waals surface area (Å²) in [5.41, 5.74) is 0.880. The van der Waals surface area contributed by atoms with E-state index in [-0.39, 0.29) is 18.2 Å². The van der Waals surface area contributed by atoms with Crippen molar-refractivity contribution in [1.82, 2.24) is 4.90 Å². The van der Waals surface area contributed by atoms with Crippen molar-refractivity contribution in [1.29, 1.82) is 0 Å². The fourth-order valence-corrected chi connectivity index (χ4v) is 2.37. The van der Waals surface area contributed by atoms with Crippen molar-refractivity contribution in [2.24, 2.45) is 0 Å². The van der Waals surface area contributed by atoms with Crippen LogP contribution in [0.4, 0.5) is 4.39 Å². The molecule has 0 aromatic carbocycles. The number of hydrogen-bond donors (Lipinski definition) is 0. The molecule has 0 saturated carbocycles. The van der Waals surface area contributed by atoms with Gasteiger partial charge < -0.3 is 4.74 Å². The summed E-state index contributed by atoms with van der Waals surface area (Å²) in [6, 6.07) is 0.127. The average molecular weight is 215 g/mol. The van der Waals surface area contributed by atoms with Crippen LogP contribution in [0, 0.1) is 0 Å². The van der Waals surface area contributed by atoms with Gasteiger partial charge in [-0.05, 0) is 39.3 Å². The van der Waals surface area contributed by atoms with E-state index in [1.54, 1.807) is 0 Å². The van der Waals surface area contributed by atoms with Crippen LogP contribution in [-0.4, -0.2) is 36.2 Å². The van der Waals surface area contributed by atoms with Gasteiger partial charge in [-0.25, -0.2) is 4.39 Å². The summed E-state index contributed by atoms with van der Waals surface area (Å²) in [7, 11) is 0. The zero-order valence-corrected chi connectivity index (χ0v) is 10.2. The Morgan fingerprint density at radius 3 is 2.67 bits per heavy atom. The highest BCUT2D eigenvalue weighted by atomic mass is 19.1. The summed E-state index contributed by atoms with van der Waals surface area (Å²) >= 11 is 0. The molecule has 1 saturated heterocycles. The molecule has 88 valence electrons. The van der Waals surface area contributed by atoms with Crippen LogP contribution in [0.15, 0.2) is 11.9 Å². The second-order valence-corrected chi connectivity index (χ2v) is 4.40. The first-order chi connectivity index (χ1) is 7.10. The van der Waals surface area contributed by atoms with Crippen molar-refractivity contribution in [2.45, 2.75) is 52.4 Å². The third kappa shape index (κ3) is 3.02. The minimum atomic E-state index is 0.0643. The number of likely N-dealkylation sites (N-methyl/N-ethyl adjacent to an activating group) is 1. The molecule has 2 atom stereocenters. The zero-order chi connectivity index (χ0) is 11.4. The van der Waals surface area contributed by atoms with Gasteiger partial charge in [-0.2, -0.15) is 0 Å². The molecular weight excluding hydrogens is 193 g/mol. The van der Waals surface area contributed by atoms with E-state index in [1.807, 2.05) is 20.8 Å². The number of rotatable bonds is 4. The smallest absolute Gasteiger partial charge is 0.0876 e. The second kappa shape index (κ2) is 5.61. The van der Waals surface area contributed by atoms with E-state index in [2.05, 4.69) is 11.8 Å². The van der Waals surface area contributed by atoms with Crippen LogP contribution in [0.1, 0.15) is 34.1 Å². The quantitative estimate of drug-likeness (QED) is 0.715. The lowest BCUT2D eigenvalue weighted by Gasteiger charge is -2.30. The molecule has 0 bridgehead atoms. The molecule has 1 heterocycles. The van der Waals surface area contributed by atoms with Gasteiger partial charge in [0.05, 0.1) is 24.6 Å². The largest absolute Gasteiger partial charge is 0.374 e. The number of hydrogen-bond acceptors (Lipinski definition) is 2. The second-order valence-electron chi connectivity index (χ2n) is 4.40. The molecule has 1 aliphatic heterocycles. The van der Waals surface area contributed by atoms with Crippen LogP contribution in [0.2, 0.25) is 0 Å². The topological polar surface area (TPSA) is 12.5 Å². The van der Waals surface area contributed by atoms with Crippen LogP contribution in [0.5, 0.6) is 0 Å². The van der Waals surface area contributed by atoms with Gasteiger partial charge in [-0.3, -0.25) is 4.90 Å². The minimum absolute atomic E-state index is 0.0643. The predicted molar refractivity (Wildman–Crippen MR) is 60.5 cm³/mol. The first-order valence-corrected chi connectivity index (χ1v) is 5.78. The van der Waals surface area contributed by atoms with Crippen molar-refractivity contribution in [2.75, 3.05) is 13.1 Å². The fraction of sp³-hybridized carbons (Fsp3) is 0.833. The molecule has 0 aromatic heterocycles. The maximum atomic E-state index is 12.7. The molecule has 2 nitrogen and oxygen atoms in total. The van der Waals surface area contributed by atoms with E-state index >= 15 is 0 Å². The Labute approximate surface area is 92.1 Å². The summed E-state index contributed by atoms with van der Waals surface area (Å²) in [6.07, 6.45) is 1.86. The van der Waals surface area contributed by atoms with Gasteiger partial charge in [0.25, 0.3) is 0 Å². The van der Waals surface area contributed by atoms with E-state index in [1.165, 1.54) is 0 Å². The molecule has 0 radical (unpaired) electrons. The van der Waals surface area contributed by atoms with Gasteiger partial charge in [0.15, 0.2) is 0 Å². The molecule has 0 N–H and O–H groups in total. The van der Waals surface area contributed by atoms with Crippen molar-refractivity contribution in [3.05, 3.63) is 11.9 Å². The van der Waals surface area contributed by atoms with Crippen molar-refractivity contribution < 1.29 is 9.13 Å². The lowest BCUT2D eigenvalue weighted by molar-refractivity contribution is -0.0163. The van der Waals surface area contributed by atoms with Gasteiger partial charge in [-0.15, -0.1) is 0 Å². The first kappa shape index (κ1) is 12.7. The van der Waals surface area contributed by atoms with Crippen LogP contribution in [-0.2, 0) is 4.74 Å². The summed E-state index contributed by atoms with van der Waals surface area (Å²) in [4.78, 5) is 2.28. The Balaban J connectivity index is 2.69. The molecule has 0 aliphatic carbocycles. The number of ether oxygens (including phenoxy) is 1. The summed E-state index contributed by atoms with van der Waals surface area (Å²) in [6.45, 7) is 10.1. The maximum absolute atomic E-state index is 12.7. The highest BCUT2D eigenvalue weighted by molar-refractivity contribution is 5.16. The van der Waals surface area contributed by atoms with Gasteiger partial charge >= 0.3 is 0 Å². The maximum Gasteiger partial charge on any atom is 0.0876 e. The standard InChI is InChI=1S/C12H22FNO/c1-5-14-7-6-11(8-13)12(14)10(4)15-9(2)3/h8-10,12H,5-7H2,1-4H3/b11-8-/t10?,12-/m1/s1. The van der Waals surface area contributed by atoms with Gasteiger partial charge in [0.2, 0.25) is 0 Å².